The van der Waals surface area contributed by atoms with Crippen molar-refractivity contribution in [3.8, 4) is 11.5 Å². The zero-order chi connectivity index (χ0) is 16.3. The number of carbonyl (C=O) groups is 1. The molecular weight excluding hydrogens is 302 g/mol. The summed E-state index contributed by atoms with van der Waals surface area (Å²) in [7, 11) is 3.19. The molecule has 0 unspecified atom stereocenters. The van der Waals surface area contributed by atoms with Gasteiger partial charge in [0.05, 0.1) is 14.2 Å². The maximum absolute atomic E-state index is 12.6. The second-order valence-corrected chi connectivity index (χ2v) is 7.14. The SMILES string of the molecule is COc1cc(OC)cc(C(=O)NCC23CCCC(CCC2)C3)c1.[CH2]. The maximum Gasteiger partial charge on any atom is 0.251 e. The van der Waals surface area contributed by atoms with Crippen molar-refractivity contribution in [1.82, 2.24) is 5.32 Å². The lowest BCUT2D eigenvalue weighted by molar-refractivity contribution is 0.0681. The summed E-state index contributed by atoms with van der Waals surface area (Å²) in [6, 6.07) is 5.31. The van der Waals surface area contributed by atoms with Gasteiger partial charge < -0.3 is 14.8 Å². The van der Waals surface area contributed by atoms with Crippen LogP contribution in [-0.4, -0.2) is 26.7 Å². The van der Waals surface area contributed by atoms with E-state index < -0.39 is 0 Å². The van der Waals surface area contributed by atoms with Gasteiger partial charge in [0.15, 0.2) is 0 Å². The van der Waals surface area contributed by atoms with Crippen molar-refractivity contribution in [3.63, 3.8) is 0 Å². The zero-order valence-corrected chi connectivity index (χ0v) is 14.9. The molecule has 3 rings (SSSR count). The topological polar surface area (TPSA) is 47.6 Å². The normalized spacial score (nSPS) is 25.3. The Labute approximate surface area is 145 Å². The van der Waals surface area contributed by atoms with Gasteiger partial charge in [-0.3, -0.25) is 4.79 Å². The average Bonchev–Trinajstić information content (AvgIpc) is 2.59. The average molecular weight is 331 g/mol. The molecule has 4 heteroatoms. The molecule has 0 aliphatic heterocycles. The first-order valence-corrected chi connectivity index (χ1v) is 8.65. The molecule has 0 heterocycles. The second kappa shape index (κ2) is 7.91. The Morgan fingerprint density at radius 3 is 2.25 bits per heavy atom. The largest absolute Gasteiger partial charge is 0.497 e. The van der Waals surface area contributed by atoms with Crippen LogP contribution >= 0.6 is 0 Å². The van der Waals surface area contributed by atoms with E-state index in [1.54, 1.807) is 32.4 Å². The predicted octanol–water partition coefficient (Wildman–Crippen LogP) is 4.12. The fraction of sp³-hybridized carbons (Fsp3) is 0.600. The molecule has 2 saturated carbocycles. The Hall–Kier alpha value is -1.71. The first-order valence-electron chi connectivity index (χ1n) is 8.65. The standard InChI is InChI=1S/C19H27NO3.CH2/c1-22-16-9-15(10-17(11-16)23-2)18(21)20-13-19-7-3-5-14(12-19)6-4-8-19;/h9-11,14H,3-8,12-13H2,1-2H3,(H,20,21);1H2. The molecule has 1 amide bonds. The Morgan fingerprint density at radius 1 is 1.12 bits per heavy atom. The van der Waals surface area contributed by atoms with Gasteiger partial charge in [-0.15, -0.1) is 0 Å². The van der Waals surface area contributed by atoms with E-state index in [1.807, 2.05) is 0 Å². The Bertz CT molecular complexity index is 538. The van der Waals surface area contributed by atoms with E-state index in [1.165, 1.54) is 44.9 Å². The number of ether oxygens (including phenoxy) is 2. The zero-order valence-electron chi connectivity index (χ0n) is 14.9. The quantitative estimate of drug-likeness (QED) is 0.883. The van der Waals surface area contributed by atoms with Gasteiger partial charge in [-0.2, -0.15) is 0 Å². The van der Waals surface area contributed by atoms with Crippen molar-refractivity contribution < 1.29 is 14.3 Å². The highest BCUT2D eigenvalue weighted by Crippen LogP contribution is 2.48. The number of hydrogen-bond acceptors (Lipinski definition) is 3. The summed E-state index contributed by atoms with van der Waals surface area (Å²) >= 11 is 0. The Morgan fingerprint density at radius 2 is 1.71 bits per heavy atom. The molecule has 24 heavy (non-hydrogen) atoms. The summed E-state index contributed by atoms with van der Waals surface area (Å²) in [6.07, 6.45) is 9.18. The summed E-state index contributed by atoms with van der Waals surface area (Å²) in [6.45, 7) is 0.794. The van der Waals surface area contributed by atoms with Crippen LogP contribution in [0.3, 0.4) is 0 Å². The minimum atomic E-state index is -0.0377. The number of nitrogens with one attached hydrogen (secondary N) is 1. The third-order valence-corrected chi connectivity index (χ3v) is 5.60. The monoisotopic (exact) mass is 331 g/mol. The van der Waals surface area contributed by atoms with Gasteiger partial charge in [0, 0.05) is 18.2 Å². The summed E-state index contributed by atoms with van der Waals surface area (Å²) in [5, 5.41) is 3.17. The highest BCUT2D eigenvalue weighted by atomic mass is 16.5. The molecule has 2 aliphatic rings. The van der Waals surface area contributed by atoms with Gasteiger partial charge in [0.25, 0.3) is 5.91 Å². The fourth-order valence-corrected chi connectivity index (χ4v) is 4.38. The molecule has 1 aromatic rings. The first-order chi connectivity index (χ1) is 11.1. The van der Waals surface area contributed by atoms with Crippen molar-refractivity contribution in [2.45, 2.75) is 44.9 Å². The summed E-state index contributed by atoms with van der Waals surface area (Å²) in [4.78, 5) is 12.6. The number of hydrogen-bond donors (Lipinski definition) is 1. The third kappa shape index (κ3) is 4.03. The molecule has 1 aromatic carbocycles. The van der Waals surface area contributed by atoms with Crippen LogP contribution in [0.1, 0.15) is 55.3 Å². The van der Waals surface area contributed by atoms with Crippen molar-refractivity contribution in [1.29, 1.82) is 0 Å². The molecule has 0 atom stereocenters. The maximum atomic E-state index is 12.6. The third-order valence-electron chi connectivity index (χ3n) is 5.60. The number of benzene rings is 1. The van der Waals surface area contributed by atoms with Crippen molar-refractivity contribution >= 4 is 5.91 Å². The first kappa shape index (κ1) is 18.6. The number of amides is 1. The molecule has 2 aliphatic carbocycles. The molecular formula is C20H29NO3. The van der Waals surface area contributed by atoms with E-state index in [-0.39, 0.29) is 13.3 Å². The molecule has 1 N–H and O–H groups in total. The molecule has 2 radical (unpaired) electrons. The smallest absolute Gasteiger partial charge is 0.251 e. The van der Waals surface area contributed by atoms with E-state index in [0.29, 0.717) is 22.5 Å². The minimum Gasteiger partial charge on any atom is -0.497 e. The van der Waals surface area contributed by atoms with Crippen LogP contribution in [0.2, 0.25) is 0 Å². The number of methoxy groups -OCH3 is 2. The van der Waals surface area contributed by atoms with E-state index >= 15 is 0 Å². The molecule has 0 aromatic heterocycles. The lowest BCUT2D eigenvalue weighted by Gasteiger charge is -2.45. The van der Waals surface area contributed by atoms with Gasteiger partial charge in [0.2, 0.25) is 0 Å². The molecule has 0 spiro atoms. The van der Waals surface area contributed by atoms with Crippen LogP contribution in [-0.2, 0) is 0 Å². The van der Waals surface area contributed by atoms with E-state index in [9.17, 15) is 4.79 Å². The minimum absolute atomic E-state index is 0. The van der Waals surface area contributed by atoms with Gasteiger partial charge >= 0.3 is 0 Å². The lowest BCUT2D eigenvalue weighted by atomic mass is 9.62. The van der Waals surface area contributed by atoms with Crippen LogP contribution < -0.4 is 14.8 Å². The molecule has 4 nitrogen and oxygen atoms in total. The van der Waals surface area contributed by atoms with Crippen molar-refractivity contribution in [2.75, 3.05) is 20.8 Å². The fourth-order valence-electron chi connectivity index (χ4n) is 4.38. The van der Waals surface area contributed by atoms with E-state index in [2.05, 4.69) is 5.32 Å². The molecule has 2 fully saturated rings. The molecule has 0 saturated heterocycles. The van der Waals surface area contributed by atoms with Crippen LogP contribution in [0, 0.1) is 18.8 Å². The van der Waals surface area contributed by atoms with Crippen molar-refractivity contribution in [2.24, 2.45) is 11.3 Å². The number of rotatable bonds is 5. The number of fused-ring (bicyclic) bond motifs is 2. The van der Waals surface area contributed by atoms with Crippen LogP contribution in [0.5, 0.6) is 11.5 Å². The van der Waals surface area contributed by atoms with Gasteiger partial charge in [-0.1, -0.05) is 33.1 Å². The Kier molecular flexibility index (Phi) is 6.14. The summed E-state index contributed by atoms with van der Waals surface area (Å²) in [5.41, 5.74) is 0.931. The van der Waals surface area contributed by atoms with Gasteiger partial charge in [0.1, 0.15) is 11.5 Å². The molecule has 2 bridgehead atoms. The summed E-state index contributed by atoms with van der Waals surface area (Å²) < 4.78 is 10.5. The Balaban J connectivity index is 0.00000208. The second-order valence-electron chi connectivity index (χ2n) is 7.14. The van der Waals surface area contributed by atoms with Crippen LogP contribution in [0.25, 0.3) is 0 Å². The van der Waals surface area contributed by atoms with E-state index in [0.717, 1.165) is 12.5 Å². The highest BCUT2D eigenvalue weighted by Gasteiger charge is 2.39. The van der Waals surface area contributed by atoms with Crippen LogP contribution in [0.4, 0.5) is 0 Å². The summed E-state index contributed by atoms with van der Waals surface area (Å²) in [5.74, 6) is 2.13. The van der Waals surface area contributed by atoms with Crippen LogP contribution in [0.15, 0.2) is 18.2 Å². The highest BCUT2D eigenvalue weighted by molar-refractivity contribution is 5.95. The van der Waals surface area contributed by atoms with Gasteiger partial charge in [-0.05, 0) is 42.7 Å². The van der Waals surface area contributed by atoms with E-state index in [4.69, 9.17) is 9.47 Å². The van der Waals surface area contributed by atoms with Gasteiger partial charge in [-0.25, -0.2) is 0 Å². The predicted molar refractivity (Wildman–Crippen MR) is 95.5 cm³/mol. The lowest BCUT2D eigenvalue weighted by Crippen LogP contribution is -2.42. The number of carbonyl (C=O) groups excluding carboxylic acids is 1. The molecule has 132 valence electrons. The van der Waals surface area contributed by atoms with Crippen molar-refractivity contribution in [3.05, 3.63) is 31.2 Å².